The molecule has 0 bridgehead atoms. The number of benzene rings is 2. The number of anilines is 1. The molecule has 0 radical (unpaired) electrons. The van der Waals surface area contributed by atoms with Gasteiger partial charge < -0.3 is 15.3 Å². The SMILES string of the molecule is Cc1cc(N2C(=O)c3ccc(C(=O)O)cc3C2=O)cc(C(=O)O)c1O. The number of hydrogen-bond acceptors (Lipinski definition) is 5. The number of fused-ring (bicyclic) bond motifs is 1. The van der Waals surface area contributed by atoms with Crippen LogP contribution in [0, 0.1) is 6.92 Å². The number of aryl methyl sites for hydroxylation is 1. The average Bonchev–Trinajstić information content (AvgIpc) is 2.80. The van der Waals surface area contributed by atoms with Crippen molar-refractivity contribution in [2.24, 2.45) is 0 Å². The number of carbonyl (C=O) groups is 4. The summed E-state index contributed by atoms with van der Waals surface area (Å²) < 4.78 is 0. The van der Waals surface area contributed by atoms with Crippen LogP contribution >= 0.6 is 0 Å². The van der Waals surface area contributed by atoms with E-state index in [0.717, 1.165) is 17.0 Å². The molecule has 2 amide bonds. The Hall–Kier alpha value is -3.68. The number of carboxylic acids is 2. The highest BCUT2D eigenvalue weighted by Gasteiger charge is 2.38. The van der Waals surface area contributed by atoms with Crippen LogP contribution in [0.5, 0.6) is 5.75 Å². The van der Waals surface area contributed by atoms with E-state index in [0.29, 0.717) is 0 Å². The highest BCUT2D eigenvalue weighted by atomic mass is 16.4. The van der Waals surface area contributed by atoms with E-state index >= 15 is 0 Å². The van der Waals surface area contributed by atoms with E-state index in [2.05, 4.69) is 0 Å². The van der Waals surface area contributed by atoms with Crippen molar-refractivity contribution < 1.29 is 34.5 Å². The average molecular weight is 341 g/mol. The standard InChI is InChI=1S/C17H11NO7/c1-7-4-9(6-12(13(7)19)17(24)25)18-14(20)10-3-2-8(16(22)23)5-11(10)15(18)21/h2-6,19H,1H3,(H,22,23)(H,24,25). The Morgan fingerprint density at radius 2 is 1.56 bits per heavy atom. The minimum atomic E-state index is -1.41. The number of aromatic carboxylic acids is 2. The maximum absolute atomic E-state index is 12.6. The van der Waals surface area contributed by atoms with Crippen molar-refractivity contribution in [3.8, 4) is 5.75 Å². The monoisotopic (exact) mass is 341 g/mol. The van der Waals surface area contributed by atoms with Gasteiger partial charge in [-0.2, -0.15) is 0 Å². The largest absolute Gasteiger partial charge is 0.507 e. The molecule has 8 nitrogen and oxygen atoms in total. The van der Waals surface area contributed by atoms with Crippen molar-refractivity contribution in [1.29, 1.82) is 0 Å². The van der Waals surface area contributed by atoms with Gasteiger partial charge in [-0.15, -0.1) is 0 Å². The number of imide groups is 1. The Balaban J connectivity index is 2.14. The number of carboxylic acid groups (broad SMARTS) is 2. The molecule has 1 aliphatic rings. The molecule has 126 valence electrons. The molecule has 2 aromatic carbocycles. The van der Waals surface area contributed by atoms with Crippen molar-refractivity contribution >= 4 is 29.4 Å². The number of rotatable bonds is 3. The van der Waals surface area contributed by atoms with Crippen molar-refractivity contribution in [3.05, 3.63) is 58.1 Å². The predicted octanol–water partition coefficient (Wildman–Crippen LogP) is 1.90. The Morgan fingerprint density at radius 3 is 2.16 bits per heavy atom. The van der Waals surface area contributed by atoms with Crippen molar-refractivity contribution in [1.82, 2.24) is 0 Å². The van der Waals surface area contributed by atoms with E-state index < -0.39 is 35.1 Å². The summed E-state index contributed by atoms with van der Waals surface area (Å²) in [6.07, 6.45) is 0. The highest BCUT2D eigenvalue weighted by molar-refractivity contribution is 6.34. The molecule has 0 unspecified atom stereocenters. The van der Waals surface area contributed by atoms with E-state index in [-0.39, 0.29) is 27.9 Å². The maximum Gasteiger partial charge on any atom is 0.339 e. The summed E-state index contributed by atoms with van der Waals surface area (Å²) in [5.41, 5.74) is -0.480. The number of carbonyl (C=O) groups excluding carboxylic acids is 2. The fourth-order valence-electron chi connectivity index (χ4n) is 2.66. The van der Waals surface area contributed by atoms with Crippen LogP contribution < -0.4 is 4.90 Å². The first kappa shape index (κ1) is 16.2. The second-order valence-corrected chi connectivity index (χ2v) is 5.48. The van der Waals surface area contributed by atoms with E-state index in [9.17, 15) is 24.3 Å². The topological polar surface area (TPSA) is 132 Å². The van der Waals surface area contributed by atoms with E-state index in [1.165, 1.54) is 25.1 Å². The maximum atomic E-state index is 12.6. The number of amides is 2. The van der Waals surface area contributed by atoms with Gasteiger partial charge in [-0.3, -0.25) is 9.59 Å². The lowest BCUT2D eigenvalue weighted by Gasteiger charge is -2.16. The number of hydrogen-bond donors (Lipinski definition) is 3. The van der Waals surface area contributed by atoms with Crippen LogP contribution in [-0.2, 0) is 0 Å². The summed E-state index contributed by atoms with van der Waals surface area (Å²) in [5.74, 6) is -4.56. The lowest BCUT2D eigenvalue weighted by atomic mass is 10.1. The second kappa shape index (κ2) is 5.45. The van der Waals surface area contributed by atoms with E-state index in [1.54, 1.807) is 0 Å². The molecule has 25 heavy (non-hydrogen) atoms. The lowest BCUT2D eigenvalue weighted by Crippen LogP contribution is -2.29. The third kappa shape index (κ3) is 2.40. The number of aromatic hydroxyl groups is 1. The third-order valence-electron chi connectivity index (χ3n) is 3.91. The van der Waals surface area contributed by atoms with E-state index in [4.69, 9.17) is 10.2 Å². The molecule has 2 aromatic rings. The molecule has 1 heterocycles. The van der Waals surface area contributed by atoms with Gasteiger partial charge in [0.25, 0.3) is 11.8 Å². The Labute approximate surface area is 140 Å². The molecule has 1 aliphatic heterocycles. The molecule has 0 spiro atoms. The molecule has 0 saturated carbocycles. The molecule has 3 N–H and O–H groups in total. The zero-order valence-corrected chi connectivity index (χ0v) is 12.8. The first-order valence-electron chi connectivity index (χ1n) is 7.05. The first-order valence-corrected chi connectivity index (χ1v) is 7.05. The van der Waals surface area contributed by atoms with Crippen molar-refractivity contribution in [2.45, 2.75) is 6.92 Å². The van der Waals surface area contributed by atoms with Gasteiger partial charge in [-0.1, -0.05) is 0 Å². The van der Waals surface area contributed by atoms with Crippen LogP contribution in [0.3, 0.4) is 0 Å². The van der Waals surface area contributed by atoms with Crippen LogP contribution in [0.4, 0.5) is 5.69 Å². The smallest absolute Gasteiger partial charge is 0.339 e. The fraction of sp³-hybridized carbons (Fsp3) is 0.0588. The van der Waals surface area contributed by atoms with Gasteiger partial charge in [-0.05, 0) is 42.8 Å². The van der Waals surface area contributed by atoms with Gasteiger partial charge in [0.15, 0.2) is 0 Å². The van der Waals surface area contributed by atoms with Gasteiger partial charge in [-0.25, -0.2) is 14.5 Å². The lowest BCUT2D eigenvalue weighted by molar-refractivity contribution is 0.0683. The molecule has 0 saturated heterocycles. The molecule has 8 heteroatoms. The molecule has 0 aromatic heterocycles. The second-order valence-electron chi connectivity index (χ2n) is 5.48. The Morgan fingerprint density at radius 1 is 0.920 bits per heavy atom. The molecule has 0 aliphatic carbocycles. The fourth-order valence-corrected chi connectivity index (χ4v) is 2.66. The van der Waals surface area contributed by atoms with Gasteiger partial charge in [0.1, 0.15) is 11.3 Å². The van der Waals surface area contributed by atoms with Gasteiger partial charge >= 0.3 is 11.9 Å². The molecule has 0 atom stereocenters. The molecular formula is C17H11NO7. The summed E-state index contributed by atoms with van der Waals surface area (Å²) in [7, 11) is 0. The van der Waals surface area contributed by atoms with Crippen LogP contribution in [0.2, 0.25) is 0 Å². The van der Waals surface area contributed by atoms with Gasteiger partial charge in [0.05, 0.1) is 22.4 Å². The van der Waals surface area contributed by atoms with Crippen LogP contribution in [0.15, 0.2) is 30.3 Å². The molecular weight excluding hydrogens is 330 g/mol. The summed E-state index contributed by atoms with van der Waals surface area (Å²) in [5, 5.41) is 28.0. The Kier molecular flexibility index (Phi) is 3.53. The summed E-state index contributed by atoms with van der Waals surface area (Å²) >= 11 is 0. The normalized spacial score (nSPS) is 13.1. The van der Waals surface area contributed by atoms with Crippen LogP contribution in [0.25, 0.3) is 0 Å². The van der Waals surface area contributed by atoms with Crippen LogP contribution in [0.1, 0.15) is 47.0 Å². The molecule has 0 fully saturated rings. The van der Waals surface area contributed by atoms with Gasteiger partial charge in [0, 0.05) is 0 Å². The quantitative estimate of drug-likeness (QED) is 0.726. The minimum Gasteiger partial charge on any atom is -0.507 e. The van der Waals surface area contributed by atoms with E-state index in [1.807, 2.05) is 0 Å². The molecule has 3 rings (SSSR count). The minimum absolute atomic E-state index is 0.0178. The van der Waals surface area contributed by atoms with Gasteiger partial charge in [0.2, 0.25) is 0 Å². The zero-order chi connectivity index (χ0) is 18.5. The first-order chi connectivity index (χ1) is 11.7. The van der Waals surface area contributed by atoms with Crippen LogP contribution in [-0.4, -0.2) is 39.1 Å². The summed E-state index contributed by atoms with van der Waals surface area (Å²) in [4.78, 5) is 48.1. The summed E-state index contributed by atoms with van der Waals surface area (Å²) in [6.45, 7) is 1.44. The predicted molar refractivity (Wildman–Crippen MR) is 84.3 cm³/mol. The number of nitrogens with zero attached hydrogens (tertiary/aromatic N) is 1. The highest BCUT2D eigenvalue weighted by Crippen LogP contribution is 2.33. The number of phenols is 1. The third-order valence-corrected chi connectivity index (χ3v) is 3.91. The zero-order valence-electron chi connectivity index (χ0n) is 12.8. The Bertz CT molecular complexity index is 977. The van der Waals surface area contributed by atoms with Crippen molar-refractivity contribution in [3.63, 3.8) is 0 Å². The van der Waals surface area contributed by atoms with Crippen molar-refractivity contribution in [2.75, 3.05) is 4.90 Å². The summed E-state index contributed by atoms with van der Waals surface area (Å²) in [6, 6.07) is 5.88.